The maximum Gasteiger partial charge on any atom is 0.311 e. The number of benzene rings is 1. The molecule has 0 bridgehead atoms. The van der Waals surface area contributed by atoms with Crippen molar-refractivity contribution in [3.05, 3.63) is 52.7 Å². The molecule has 3 heterocycles. The summed E-state index contributed by atoms with van der Waals surface area (Å²) in [5.74, 6) is -0.157. The van der Waals surface area contributed by atoms with Crippen LogP contribution in [0.25, 0.3) is 6.08 Å². The summed E-state index contributed by atoms with van der Waals surface area (Å²) >= 11 is 0. The van der Waals surface area contributed by atoms with Gasteiger partial charge in [0.15, 0.2) is 0 Å². The first-order valence-corrected chi connectivity index (χ1v) is 14.0. The van der Waals surface area contributed by atoms with Gasteiger partial charge in [0.05, 0.1) is 13.2 Å². The summed E-state index contributed by atoms with van der Waals surface area (Å²) in [4.78, 5) is 16.0. The fourth-order valence-corrected chi connectivity index (χ4v) is 8.14. The summed E-state index contributed by atoms with van der Waals surface area (Å²) in [6, 6.07) is 10.3. The fourth-order valence-electron chi connectivity index (χ4n) is 5.45. The van der Waals surface area contributed by atoms with Gasteiger partial charge in [-0.25, -0.2) is 9.34 Å². The van der Waals surface area contributed by atoms with Crippen molar-refractivity contribution < 1.29 is 14.1 Å². The standard InChI is InChI=1S/C25H35N4O3P/c30-25(26-33(31,28-12-4-5-13-28)29-14-6-7-15-29)23-11-10-22(20-21-8-2-1-3-9-21)24(23)27-16-18-32-19-17-27/h1-3,8-9,20H,4-7,10-19H2,(H,26,30,31)/b22-20+. The van der Waals surface area contributed by atoms with Crippen LogP contribution in [0.3, 0.4) is 0 Å². The van der Waals surface area contributed by atoms with Crippen LogP contribution in [0.15, 0.2) is 47.2 Å². The molecule has 0 unspecified atom stereocenters. The molecule has 1 amide bonds. The van der Waals surface area contributed by atoms with Gasteiger partial charge >= 0.3 is 7.59 Å². The molecular formula is C25H35N4O3P. The second-order valence-corrected chi connectivity index (χ2v) is 11.8. The zero-order valence-corrected chi connectivity index (χ0v) is 20.3. The summed E-state index contributed by atoms with van der Waals surface area (Å²) < 4.78 is 24.0. The average molecular weight is 471 g/mol. The first kappa shape index (κ1) is 22.9. The Balaban J connectivity index is 1.47. The summed E-state index contributed by atoms with van der Waals surface area (Å²) in [7, 11) is -3.11. The second kappa shape index (κ2) is 10.1. The highest BCUT2D eigenvalue weighted by molar-refractivity contribution is 7.57. The van der Waals surface area contributed by atoms with E-state index in [4.69, 9.17) is 4.74 Å². The number of hydrogen-bond acceptors (Lipinski definition) is 4. The van der Waals surface area contributed by atoms with E-state index < -0.39 is 7.59 Å². The van der Waals surface area contributed by atoms with Gasteiger partial charge in [0.1, 0.15) is 0 Å². The van der Waals surface area contributed by atoms with E-state index >= 15 is 0 Å². The summed E-state index contributed by atoms with van der Waals surface area (Å²) in [5.41, 5.74) is 4.12. The first-order valence-electron chi connectivity index (χ1n) is 12.4. The minimum atomic E-state index is -3.11. The summed E-state index contributed by atoms with van der Waals surface area (Å²) in [5, 5.41) is 3.10. The number of amides is 1. The molecular weight excluding hydrogens is 435 g/mol. The lowest BCUT2D eigenvalue weighted by Gasteiger charge is -2.35. The van der Waals surface area contributed by atoms with Crippen molar-refractivity contribution in [3.8, 4) is 0 Å². The lowest BCUT2D eigenvalue weighted by atomic mass is 10.1. The fraction of sp³-hybridized carbons (Fsp3) is 0.560. The Hall–Kier alpha value is -1.92. The van der Waals surface area contributed by atoms with Crippen molar-refractivity contribution in [2.75, 3.05) is 52.5 Å². The van der Waals surface area contributed by atoms with Crippen LogP contribution in [0.5, 0.6) is 0 Å². The van der Waals surface area contributed by atoms with Gasteiger partial charge in [-0.05, 0) is 55.7 Å². The molecule has 3 aliphatic heterocycles. The Morgan fingerprint density at radius 2 is 1.48 bits per heavy atom. The molecule has 1 aliphatic carbocycles. The Labute approximate surface area is 197 Å². The Morgan fingerprint density at radius 1 is 0.879 bits per heavy atom. The lowest BCUT2D eigenvalue weighted by Crippen LogP contribution is -2.40. The number of hydrogen-bond donors (Lipinski definition) is 1. The van der Waals surface area contributed by atoms with Crippen LogP contribution in [-0.2, 0) is 14.1 Å². The number of carbonyl (C=O) groups is 1. The molecule has 178 valence electrons. The molecule has 0 spiro atoms. The number of nitrogens with zero attached hydrogens (tertiary/aromatic N) is 3. The van der Waals surface area contributed by atoms with Crippen molar-refractivity contribution in [2.24, 2.45) is 0 Å². The molecule has 1 aromatic rings. The predicted octanol–water partition coefficient (Wildman–Crippen LogP) is 3.87. The minimum Gasteiger partial charge on any atom is -0.378 e. The quantitative estimate of drug-likeness (QED) is 0.637. The van der Waals surface area contributed by atoms with Crippen LogP contribution in [0, 0.1) is 0 Å². The van der Waals surface area contributed by atoms with Crippen molar-refractivity contribution in [2.45, 2.75) is 38.5 Å². The monoisotopic (exact) mass is 470 g/mol. The van der Waals surface area contributed by atoms with E-state index in [1.807, 2.05) is 27.5 Å². The molecule has 4 aliphatic rings. The number of morpholine rings is 1. The van der Waals surface area contributed by atoms with Crippen LogP contribution in [-0.4, -0.2) is 72.6 Å². The van der Waals surface area contributed by atoms with E-state index in [-0.39, 0.29) is 5.91 Å². The van der Waals surface area contributed by atoms with Crippen LogP contribution >= 0.6 is 7.59 Å². The van der Waals surface area contributed by atoms with Gasteiger partial charge in [0.25, 0.3) is 5.91 Å². The maximum atomic E-state index is 14.3. The van der Waals surface area contributed by atoms with E-state index in [1.165, 1.54) is 5.57 Å². The third-order valence-electron chi connectivity index (χ3n) is 7.16. The molecule has 0 aromatic heterocycles. The molecule has 7 nitrogen and oxygen atoms in total. The molecule has 8 heteroatoms. The third kappa shape index (κ3) is 4.83. The topological polar surface area (TPSA) is 65.1 Å². The van der Waals surface area contributed by atoms with Gasteiger partial charge < -0.3 is 9.64 Å². The molecule has 0 radical (unpaired) electrons. The number of ether oxygens (including phenoxy) is 1. The molecule has 3 saturated heterocycles. The second-order valence-electron chi connectivity index (χ2n) is 9.31. The summed E-state index contributed by atoms with van der Waals surface area (Å²) in [6.07, 6.45) is 7.86. The predicted molar refractivity (Wildman–Crippen MR) is 130 cm³/mol. The van der Waals surface area contributed by atoms with Crippen LogP contribution in [0.4, 0.5) is 0 Å². The van der Waals surface area contributed by atoms with Crippen molar-refractivity contribution in [3.63, 3.8) is 0 Å². The van der Waals surface area contributed by atoms with Gasteiger partial charge in [-0.15, -0.1) is 0 Å². The first-order chi connectivity index (χ1) is 16.1. The SMILES string of the molecule is O=C(NP(=O)(N1CCCC1)N1CCCC1)C1=C(N2CCOCC2)/C(=C/c2ccccc2)CC1. The maximum absolute atomic E-state index is 14.3. The Bertz CT molecular complexity index is 939. The van der Waals surface area contributed by atoms with Crippen molar-refractivity contribution >= 4 is 19.6 Å². The number of carbonyl (C=O) groups excluding carboxylic acids is 1. The molecule has 1 aromatic carbocycles. The normalized spacial score (nSPS) is 24.2. The molecule has 3 fully saturated rings. The highest BCUT2D eigenvalue weighted by atomic mass is 31.2. The van der Waals surface area contributed by atoms with E-state index in [0.29, 0.717) is 19.6 Å². The molecule has 0 saturated carbocycles. The van der Waals surface area contributed by atoms with Crippen molar-refractivity contribution in [1.29, 1.82) is 0 Å². The van der Waals surface area contributed by atoms with Crippen LogP contribution in [0.2, 0.25) is 0 Å². The Kier molecular flexibility index (Phi) is 7.02. The van der Waals surface area contributed by atoms with E-state index in [0.717, 1.165) is 88.2 Å². The largest absolute Gasteiger partial charge is 0.378 e. The number of nitrogens with one attached hydrogen (secondary N) is 1. The van der Waals surface area contributed by atoms with Crippen LogP contribution in [0.1, 0.15) is 44.1 Å². The van der Waals surface area contributed by atoms with Crippen LogP contribution < -0.4 is 5.09 Å². The number of allylic oxidation sites excluding steroid dienone is 1. The van der Waals surface area contributed by atoms with Gasteiger partial charge in [0.2, 0.25) is 0 Å². The average Bonchev–Trinajstić information content (AvgIpc) is 3.62. The summed E-state index contributed by atoms with van der Waals surface area (Å²) in [6.45, 7) is 6.05. The van der Waals surface area contributed by atoms with Gasteiger partial charge in [-0.3, -0.25) is 14.4 Å². The van der Waals surface area contributed by atoms with E-state index in [1.54, 1.807) is 0 Å². The van der Waals surface area contributed by atoms with Gasteiger partial charge in [-0.1, -0.05) is 30.3 Å². The van der Waals surface area contributed by atoms with Gasteiger partial charge in [0, 0.05) is 50.5 Å². The molecule has 5 rings (SSSR count). The minimum absolute atomic E-state index is 0.157. The van der Waals surface area contributed by atoms with Gasteiger partial charge in [-0.2, -0.15) is 0 Å². The smallest absolute Gasteiger partial charge is 0.311 e. The lowest BCUT2D eigenvalue weighted by molar-refractivity contribution is -0.116. The third-order valence-corrected chi connectivity index (χ3v) is 9.98. The highest BCUT2D eigenvalue weighted by Gasteiger charge is 2.42. The van der Waals surface area contributed by atoms with Crippen molar-refractivity contribution in [1.82, 2.24) is 19.3 Å². The molecule has 33 heavy (non-hydrogen) atoms. The molecule has 0 atom stereocenters. The number of rotatable bonds is 6. The van der Waals surface area contributed by atoms with E-state index in [9.17, 15) is 9.36 Å². The zero-order chi connectivity index (χ0) is 22.7. The zero-order valence-electron chi connectivity index (χ0n) is 19.4. The van der Waals surface area contributed by atoms with E-state index in [2.05, 4.69) is 28.2 Å². The highest BCUT2D eigenvalue weighted by Crippen LogP contribution is 2.53. The molecule has 1 N–H and O–H groups in total. The Morgan fingerprint density at radius 3 is 2.09 bits per heavy atom.